The molecule has 3 heterocycles. The van der Waals surface area contributed by atoms with E-state index in [1.807, 2.05) is 19.1 Å². The number of hydrogen-bond donors (Lipinski definition) is 0. The number of aromatic nitrogens is 3. The second-order valence-electron chi connectivity index (χ2n) is 5.36. The van der Waals surface area contributed by atoms with Crippen LogP contribution in [0.25, 0.3) is 0 Å². The molecule has 0 saturated heterocycles. The van der Waals surface area contributed by atoms with Crippen LogP contribution in [0.15, 0.2) is 16.5 Å². The number of pyridine rings is 1. The first-order valence-electron chi connectivity index (χ1n) is 6.97. The maximum absolute atomic E-state index is 5.72. The summed E-state index contributed by atoms with van der Waals surface area (Å²) in [6, 6.07) is 4.03. The Labute approximate surface area is 116 Å². The van der Waals surface area contributed by atoms with Crippen molar-refractivity contribution >= 4 is 5.69 Å². The van der Waals surface area contributed by atoms with Crippen molar-refractivity contribution in [2.45, 2.75) is 32.2 Å². The summed E-state index contributed by atoms with van der Waals surface area (Å²) in [6.45, 7) is 4.01. The largest absolute Gasteiger partial charge is 0.474 e. The first-order chi connectivity index (χ1) is 9.79. The standard InChI is InChI=1S/C14H16N4O2/c1-9-2-5-11-14(15-9)19-7-6-18(11)8-12-16-17-13(20-12)10-3-4-10/h2,5,10H,3-4,6-8H2,1H3. The number of aryl methyl sites for hydroxylation is 1. The minimum absolute atomic E-state index is 0.498. The van der Waals surface area contributed by atoms with Gasteiger partial charge in [0.15, 0.2) is 0 Å². The summed E-state index contributed by atoms with van der Waals surface area (Å²) in [5.41, 5.74) is 1.95. The van der Waals surface area contributed by atoms with Crippen molar-refractivity contribution in [3.63, 3.8) is 0 Å². The van der Waals surface area contributed by atoms with Crippen LogP contribution in [0.2, 0.25) is 0 Å². The Morgan fingerprint density at radius 3 is 3.05 bits per heavy atom. The molecule has 20 heavy (non-hydrogen) atoms. The molecule has 0 spiro atoms. The predicted octanol–water partition coefficient (Wildman–Crippen LogP) is 2.05. The molecule has 0 unspecified atom stereocenters. The van der Waals surface area contributed by atoms with Crippen molar-refractivity contribution in [1.29, 1.82) is 0 Å². The molecule has 4 rings (SSSR count). The summed E-state index contributed by atoms with van der Waals surface area (Å²) in [4.78, 5) is 6.59. The van der Waals surface area contributed by atoms with Crippen molar-refractivity contribution in [2.75, 3.05) is 18.1 Å². The number of rotatable bonds is 3. The van der Waals surface area contributed by atoms with E-state index in [4.69, 9.17) is 9.15 Å². The van der Waals surface area contributed by atoms with Crippen LogP contribution in [0.3, 0.4) is 0 Å². The summed E-state index contributed by atoms with van der Waals surface area (Å²) in [6.07, 6.45) is 2.34. The highest BCUT2D eigenvalue weighted by Gasteiger charge is 2.30. The zero-order valence-electron chi connectivity index (χ0n) is 11.4. The molecule has 0 atom stereocenters. The Bertz CT molecular complexity index is 636. The van der Waals surface area contributed by atoms with Gasteiger partial charge in [-0.15, -0.1) is 10.2 Å². The van der Waals surface area contributed by atoms with Crippen LogP contribution >= 0.6 is 0 Å². The van der Waals surface area contributed by atoms with Gasteiger partial charge in [-0.3, -0.25) is 0 Å². The Hall–Kier alpha value is -2.11. The van der Waals surface area contributed by atoms with E-state index < -0.39 is 0 Å². The fraction of sp³-hybridized carbons (Fsp3) is 0.500. The maximum atomic E-state index is 5.72. The lowest BCUT2D eigenvalue weighted by atomic mass is 10.3. The van der Waals surface area contributed by atoms with Gasteiger partial charge in [-0.1, -0.05) is 0 Å². The molecule has 1 fully saturated rings. The molecule has 0 N–H and O–H groups in total. The number of fused-ring (bicyclic) bond motifs is 1. The highest BCUT2D eigenvalue weighted by molar-refractivity contribution is 5.56. The maximum Gasteiger partial charge on any atom is 0.237 e. The Balaban J connectivity index is 1.56. The molecule has 1 aliphatic heterocycles. The van der Waals surface area contributed by atoms with E-state index in [-0.39, 0.29) is 0 Å². The Kier molecular flexibility index (Phi) is 2.61. The van der Waals surface area contributed by atoms with Gasteiger partial charge in [-0.2, -0.15) is 0 Å². The third kappa shape index (κ3) is 2.11. The molecule has 2 aliphatic rings. The average molecular weight is 272 g/mol. The van der Waals surface area contributed by atoms with Crippen molar-refractivity contribution in [3.05, 3.63) is 29.6 Å². The number of nitrogens with zero attached hydrogens (tertiary/aromatic N) is 4. The van der Waals surface area contributed by atoms with Gasteiger partial charge >= 0.3 is 0 Å². The number of hydrogen-bond acceptors (Lipinski definition) is 6. The molecule has 0 aromatic carbocycles. The lowest BCUT2D eigenvalue weighted by molar-refractivity contribution is 0.291. The van der Waals surface area contributed by atoms with E-state index >= 15 is 0 Å². The van der Waals surface area contributed by atoms with Crippen molar-refractivity contribution in [3.8, 4) is 5.88 Å². The summed E-state index contributed by atoms with van der Waals surface area (Å²) in [5.74, 6) is 2.64. The first kappa shape index (κ1) is 11.7. The van der Waals surface area contributed by atoms with Crippen LogP contribution in [-0.4, -0.2) is 28.3 Å². The third-order valence-corrected chi connectivity index (χ3v) is 3.66. The molecule has 1 aliphatic carbocycles. The lowest BCUT2D eigenvalue weighted by Crippen LogP contribution is -2.32. The number of anilines is 1. The highest BCUT2D eigenvalue weighted by atomic mass is 16.5. The smallest absolute Gasteiger partial charge is 0.237 e. The molecule has 2 aromatic rings. The highest BCUT2D eigenvalue weighted by Crippen LogP contribution is 2.39. The second-order valence-corrected chi connectivity index (χ2v) is 5.36. The van der Waals surface area contributed by atoms with Crippen LogP contribution in [-0.2, 0) is 6.54 Å². The fourth-order valence-corrected chi connectivity index (χ4v) is 2.40. The fourth-order valence-electron chi connectivity index (χ4n) is 2.40. The zero-order chi connectivity index (χ0) is 13.5. The molecule has 0 radical (unpaired) electrons. The van der Waals surface area contributed by atoms with Crippen LogP contribution in [0.4, 0.5) is 5.69 Å². The van der Waals surface area contributed by atoms with Gasteiger partial charge in [0.05, 0.1) is 13.1 Å². The van der Waals surface area contributed by atoms with Gasteiger partial charge in [-0.25, -0.2) is 4.98 Å². The third-order valence-electron chi connectivity index (χ3n) is 3.66. The second kappa shape index (κ2) is 4.47. The molecule has 6 nitrogen and oxygen atoms in total. The first-order valence-corrected chi connectivity index (χ1v) is 6.97. The molecule has 0 amide bonds. The van der Waals surface area contributed by atoms with Crippen LogP contribution in [0.5, 0.6) is 5.88 Å². The van der Waals surface area contributed by atoms with Crippen LogP contribution < -0.4 is 9.64 Å². The van der Waals surface area contributed by atoms with E-state index in [9.17, 15) is 0 Å². The van der Waals surface area contributed by atoms with Gasteiger partial charge in [0, 0.05) is 11.6 Å². The minimum Gasteiger partial charge on any atom is -0.474 e. The average Bonchev–Trinajstić information content (AvgIpc) is 3.19. The monoisotopic (exact) mass is 272 g/mol. The normalized spacial score (nSPS) is 17.8. The molecular weight excluding hydrogens is 256 g/mol. The molecule has 2 aromatic heterocycles. The topological polar surface area (TPSA) is 64.3 Å². The molecule has 1 saturated carbocycles. The SMILES string of the molecule is Cc1ccc2c(n1)OCCN2Cc1nnc(C2CC2)o1. The van der Waals surface area contributed by atoms with Crippen LogP contribution in [0.1, 0.15) is 36.2 Å². The molecular formula is C14H16N4O2. The van der Waals surface area contributed by atoms with Gasteiger partial charge in [0.1, 0.15) is 12.3 Å². The van der Waals surface area contributed by atoms with E-state index in [2.05, 4.69) is 20.1 Å². The summed E-state index contributed by atoms with van der Waals surface area (Å²) in [5, 5.41) is 8.27. The zero-order valence-corrected chi connectivity index (χ0v) is 11.4. The summed E-state index contributed by atoms with van der Waals surface area (Å²) in [7, 11) is 0. The summed E-state index contributed by atoms with van der Waals surface area (Å²) >= 11 is 0. The van der Waals surface area contributed by atoms with Crippen molar-refractivity contribution in [2.24, 2.45) is 0 Å². The van der Waals surface area contributed by atoms with Gasteiger partial charge in [0.2, 0.25) is 17.7 Å². The Morgan fingerprint density at radius 1 is 1.30 bits per heavy atom. The van der Waals surface area contributed by atoms with Gasteiger partial charge < -0.3 is 14.1 Å². The van der Waals surface area contributed by atoms with E-state index in [0.29, 0.717) is 30.8 Å². The van der Waals surface area contributed by atoms with E-state index in [1.54, 1.807) is 0 Å². The molecule has 0 bridgehead atoms. The quantitative estimate of drug-likeness (QED) is 0.852. The van der Waals surface area contributed by atoms with Crippen molar-refractivity contribution < 1.29 is 9.15 Å². The van der Waals surface area contributed by atoms with Crippen molar-refractivity contribution in [1.82, 2.24) is 15.2 Å². The van der Waals surface area contributed by atoms with Gasteiger partial charge in [-0.05, 0) is 31.9 Å². The lowest BCUT2D eigenvalue weighted by Gasteiger charge is -2.29. The van der Waals surface area contributed by atoms with Crippen LogP contribution in [0, 0.1) is 6.92 Å². The Morgan fingerprint density at radius 2 is 2.20 bits per heavy atom. The summed E-state index contributed by atoms with van der Waals surface area (Å²) < 4.78 is 11.3. The molecule has 104 valence electrons. The predicted molar refractivity (Wildman–Crippen MR) is 71.8 cm³/mol. The minimum atomic E-state index is 0.498. The van der Waals surface area contributed by atoms with E-state index in [0.717, 1.165) is 23.8 Å². The molecule has 6 heteroatoms. The number of ether oxygens (including phenoxy) is 1. The van der Waals surface area contributed by atoms with Gasteiger partial charge in [0.25, 0.3) is 0 Å². The van der Waals surface area contributed by atoms with E-state index in [1.165, 1.54) is 12.8 Å².